The van der Waals surface area contributed by atoms with Crippen LogP contribution in [0.1, 0.15) is 11.5 Å². The lowest BCUT2D eigenvalue weighted by Gasteiger charge is -2.09. The minimum Gasteiger partial charge on any atom is -0.329 e. The van der Waals surface area contributed by atoms with Crippen molar-refractivity contribution < 1.29 is 8.42 Å². The fourth-order valence-electron chi connectivity index (χ4n) is 3.06. The monoisotopic (exact) mass is 414 g/mol. The topological polar surface area (TPSA) is 86.2 Å². The van der Waals surface area contributed by atoms with Gasteiger partial charge < -0.3 is 11.5 Å². The van der Waals surface area contributed by atoms with Crippen molar-refractivity contribution in [2.24, 2.45) is 11.5 Å². The summed E-state index contributed by atoms with van der Waals surface area (Å²) in [4.78, 5) is 0.217. The number of hydrogen-bond acceptors (Lipinski definition) is 4. The van der Waals surface area contributed by atoms with Crippen LogP contribution in [0.4, 0.5) is 0 Å². The van der Waals surface area contributed by atoms with E-state index in [1.165, 1.54) is 12.1 Å². The lowest BCUT2D eigenvalue weighted by atomic mass is 10.1. The molecule has 0 heterocycles. The molecule has 2 aromatic carbocycles. The molecule has 0 radical (unpaired) electrons. The van der Waals surface area contributed by atoms with Crippen LogP contribution in [-0.2, 0) is 9.84 Å². The molecule has 1 aliphatic rings. The Balaban J connectivity index is 2.01. The van der Waals surface area contributed by atoms with E-state index in [2.05, 4.69) is 15.9 Å². The van der Waals surface area contributed by atoms with Gasteiger partial charge in [-0.1, -0.05) is 39.7 Å². The zero-order valence-electron chi connectivity index (χ0n) is 12.1. The Labute approximate surface area is 148 Å². The molecule has 0 unspecified atom stereocenters. The molecule has 0 amide bonds. The number of halogens is 2. The fraction of sp³-hybridized carbons (Fsp3) is 0.250. The average molecular weight is 416 g/mol. The fourth-order valence-corrected chi connectivity index (χ4v) is 5.77. The van der Waals surface area contributed by atoms with Crippen LogP contribution >= 0.6 is 27.5 Å². The standard InChI is InChI=1S/C16H16BrClN2O2S/c17-11-3-1-10(2-4-11)14-15(16(14,20)9-19)23(21,22)13-7-5-12(18)6-8-13/h1-8,14-15H,9,19-20H2/t14-,15+,16-/m1/s1. The van der Waals surface area contributed by atoms with Gasteiger partial charge in [-0.05, 0) is 42.0 Å². The van der Waals surface area contributed by atoms with Crippen molar-refractivity contribution in [1.82, 2.24) is 0 Å². The molecule has 4 N–H and O–H groups in total. The van der Waals surface area contributed by atoms with Crippen LogP contribution in [0.25, 0.3) is 0 Å². The predicted octanol–water partition coefficient (Wildman–Crippen LogP) is 2.70. The van der Waals surface area contributed by atoms with Gasteiger partial charge in [0.2, 0.25) is 0 Å². The Hall–Kier alpha value is -0.920. The zero-order chi connectivity index (χ0) is 16.8. The van der Waals surface area contributed by atoms with E-state index in [9.17, 15) is 8.42 Å². The Morgan fingerprint density at radius 1 is 1.09 bits per heavy atom. The lowest BCUT2D eigenvalue weighted by Crippen LogP contribution is -2.39. The van der Waals surface area contributed by atoms with Gasteiger partial charge in [-0.15, -0.1) is 0 Å². The second-order valence-electron chi connectivity index (χ2n) is 5.77. The Kier molecular flexibility index (Phi) is 4.31. The molecule has 122 valence electrons. The third-order valence-electron chi connectivity index (χ3n) is 4.36. The van der Waals surface area contributed by atoms with Crippen LogP contribution in [0, 0.1) is 0 Å². The molecule has 4 nitrogen and oxygen atoms in total. The molecule has 1 aliphatic carbocycles. The van der Waals surface area contributed by atoms with Crippen molar-refractivity contribution >= 4 is 37.4 Å². The quantitative estimate of drug-likeness (QED) is 0.804. The largest absolute Gasteiger partial charge is 0.329 e. The highest BCUT2D eigenvalue weighted by atomic mass is 79.9. The summed E-state index contributed by atoms with van der Waals surface area (Å²) in [7, 11) is -3.59. The van der Waals surface area contributed by atoms with Gasteiger partial charge in [0.05, 0.1) is 15.7 Å². The van der Waals surface area contributed by atoms with Gasteiger partial charge in [0.25, 0.3) is 0 Å². The van der Waals surface area contributed by atoms with Crippen molar-refractivity contribution in [1.29, 1.82) is 0 Å². The van der Waals surface area contributed by atoms with Crippen molar-refractivity contribution in [2.75, 3.05) is 6.54 Å². The summed E-state index contributed by atoms with van der Waals surface area (Å²) in [5.41, 5.74) is 12.0. The lowest BCUT2D eigenvalue weighted by molar-refractivity contribution is 0.586. The summed E-state index contributed by atoms with van der Waals surface area (Å²) >= 11 is 9.21. The first kappa shape index (κ1) is 16.9. The third-order valence-corrected chi connectivity index (χ3v) is 7.45. The third kappa shape index (κ3) is 2.83. The number of sulfone groups is 1. The van der Waals surface area contributed by atoms with E-state index in [0.29, 0.717) is 5.02 Å². The highest BCUT2D eigenvalue weighted by molar-refractivity contribution is 9.10. The molecule has 3 atom stereocenters. The Morgan fingerprint density at radius 3 is 2.17 bits per heavy atom. The van der Waals surface area contributed by atoms with Crippen molar-refractivity contribution in [3.05, 3.63) is 63.6 Å². The van der Waals surface area contributed by atoms with Gasteiger partial charge in [-0.2, -0.15) is 0 Å². The van der Waals surface area contributed by atoms with E-state index in [4.69, 9.17) is 23.1 Å². The molecule has 1 fully saturated rings. The van der Waals surface area contributed by atoms with Crippen molar-refractivity contribution in [3.63, 3.8) is 0 Å². The molecular formula is C16H16BrClN2O2S. The average Bonchev–Trinajstić information content (AvgIpc) is 3.16. The molecule has 0 aliphatic heterocycles. The molecule has 0 aromatic heterocycles. The maximum absolute atomic E-state index is 12.9. The van der Waals surface area contributed by atoms with Crippen LogP contribution in [-0.4, -0.2) is 25.8 Å². The van der Waals surface area contributed by atoms with Gasteiger partial charge in [0.15, 0.2) is 9.84 Å². The highest BCUT2D eigenvalue weighted by Gasteiger charge is 2.68. The summed E-state index contributed by atoms with van der Waals surface area (Å²) in [5, 5.41) is -0.246. The van der Waals surface area contributed by atoms with E-state index in [1.54, 1.807) is 12.1 Å². The first-order valence-electron chi connectivity index (χ1n) is 7.04. The minimum atomic E-state index is -3.59. The zero-order valence-corrected chi connectivity index (χ0v) is 15.3. The van der Waals surface area contributed by atoms with E-state index >= 15 is 0 Å². The number of nitrogens with two attached hydrogens (primary N) is 2. The van der Waals surface area contributed by atoms with Gasteiger partial charge in [-0.25, -0.2) is 8.42 Å². The maximum Gasteiger partial charge on any atom is 0.183 e. The summed E-state index contributed by atoms with van der Waals surface area (Å²) in [5.74, 6) is -0.318. The molecule has 0 bridgehead atoms. The number of rotatable bonds is 4. The van der Waals surface area contributed by atoms with Gasteiger partial charge in [0, 0.05) is 22.0 Å². The summed E-state index contributed by atoms with van der Waals surface area (Å²) < 4.78 is 26.8. The number of hydrogen-bond donors (Lipinski definition) is 2. The highest BCUT2D eigenvalue weighted by Crippen LogP contribution is 2.55. The number of benzene rings is 2. The summed E-state index contributed by atoms with van der Waals surface area (Å²) in [6, 6.07) is 13.6. The van der Waals surface area contributed by atoms with Gasteiger partial charge >= 0.3 is 0 Å². The van der Waals surface area contributed by atoms with Crippen molar-refractivity contribution in [2.45, 2.75) is 21.6 Å². The molecule has 23 heavy (non-hydrogen) atoms. The van der Waals surface area contributed by atoms with Crippen LogP contribution in [0.5, 0.6) is 0 Å². The van der Waals surface area contributed by atoms with Gasteiger partial charge in [0.1, 0.15) is 0 Å². The van der Waals surface area contributed by atoms with Crippen molar-refractivity contribution in [3.8, 4) is 0 Å². The molecular weight excluding hydrogens is 400 g/mol. The van der Waals surface area contributed by atoms with Crippen LogP contribution < -0.4 is 11.5 Å². The van der Waals surface area contributed by atoms with E-state index in [1.807, 2.05) is 24.3 Å². The van der Waals surface area contributed by atoms with Crippen LogP contribution in [0.15, 0.2) is 57.9 Å². The first-order chi connectivity index (χ1) is 10.8. The molecule has 1 saturated carbocycles. The van der Waals surface area contributed by atoms with E-state index in [0.717, 1.165) is 10.0 Å². The molecule has 2 aromatic rings. The minimum absolute atomic E-state index is 0.102. The SMILES string of the molecule is NC[C@@]1(N)[C@H](c2ccc(Br)cc2)[C@@H]1S(=O)(=O)c1ccc(Cl)cc1. The van der Waals surface area contributed by atoms with E-state index in [-0.39, 0.29) is 17.4 Å². The normalized spacial score (nSPS) is 27.0. The molecule has 0 saturated heterocycles. The Bertz CT molecular complexity index is 824. The molecule has 3 rings (SSSR count). The first-order valence-corrected chi connectivity index (χ1v) is 9.76. The predicted molar refractivity (Wildman–Crippen MR) is 95.3 cm³/mol. The van der Waals surface area contributed by atoms with Gasteiger partial charge in [-0.3, -0.25) is 0 Å². The smallest absolute Gasteiger partial charge is 0.183 e. The van der Waals surface area contributed by atoms with Crippen LogP contribution in [0.3, 0.4) is 0 Å². The summed E-state index contributed by atoms with van der Waals surface area (Å²) in [6.45, 7) is 0.102. The molecule has 0 spiro atoms. The second-order valence-corrected chi connectivity index (χ2v) is 9.19. The Morgan fingerprint density at radius 2 is 1.65 bits per heavy atom. The molecule has 7 heteroatoms. The van der Waals surface area contributed by atoms with E-state index < -0.39 is 20.6 Å². The summed E-state index contributed by atoms with van der Waals surface area (Å²) in [6.07, 6.45) is 0. The maximum atomic E-state index is 12.9. The second kappa shape index (κ2) is 5.86. The van der Waals surface area contributed by atoms with Crippen LogP contribution in [0.2, 0.25) is 5.02 Å².